The van der Waals surface area contributed by atoms with Crippen molar-refractivity contribution < 1.29 is 34.5 Å². The highest BCUT2D eigenvalue weighted by Crippen LogP contribution is 2.36. The van der Waals surface area contributed by atoms with Crippen molar-refractivity contribution in [2.75, 3.05) is 6.61 Å². The van der Waals surface area contributed by atoms with Crippen molar-refractivity contribution in [3.05, 3.63) is 70.3 Å². The monoisotopic (exact) mass is 518 g/mol. The van der Waals surface area contributed by atoms with Gasteiger partial charge >= 0.3 is 5.97 Å². The quantitative estimate of drug-likeness (QED) is 0.0932. The van der Waals surface area contributed by atoms with Gasteiger partial charge in [0, 0.05) is 25.2 Å². The lowest BCUT2D eigenvalue weighted by Crippen LogP contribution is -2.22. The van der Waals surface area contributed by atoms with Crippen LogP contribution in [0.5, 0.6) is 0 Å². The molecule has 5 atom stereocenters. The SMILES string of the molecule is NC(=O)CCC/C=C\C[C@@H]1[C@@H](/C=C/[C@H](CCc2ccccc2)OC(=O)CCCO[N+](=O)[O-])[C@H](O)C[C@@H]1O. The molecule has 1 amide bonds. The minimum absolute atomic E-state index is 0.0164. The van der Waals surface area contributed by atoms with Crippen molar-refractivity contribution in [1.82, 2.24) is 0 Å². The molecule has 0 radical (unpaired) electrons. The standard InChI is InChI=1S/C27H38N2O8/c28-26(32)12-7-2-1-6-11-22-23(25(31)19-24(22)30)17-16-21(15-14-20-9-4-3-5-10-20)37-27(33)13-8-18-36-29(34)35/h1,3-6,9-10,16-17,21-25,30-31H,2,7-8,11-15,18-19H2,(H2,28,32)/b6-1-,17-16+/t21-,22+,23+,24-,25+/m0/s1. The fourth-order valence-corrected chi connectivity index (χ4v) is 4.46. The first-order chi connectivity index (χ1) is 17.8. The van der Waals surface area contributed by atoms with E-state index in [0.717, 1.165) is 5.56 Å². The van der Waals surface area contributed by atoms with E-state index in [1.165, 1.54) is 0 Å². The Morgan fingerprint density at radius 1 is 1.14 bits per heavy atom. The molecular weight excluding hydrogens is 480 g/mol. The fourth-order valence-electron chi connectivity index (χ4n) is 4.46. The molecule has 1 aromatic rings. The number of rotatable bonds is 17. The van der Waals surface area contributed by atoms with Crippen molar-refractivity contribution in [2.24, 2.45) is 17.6 Å². The van der Waals surface area contributed by atoms with E-state index >= 15 is 0 Å². The largest absolute Gasteiger partial charge is 0.458 e. The summed E-state index contributed by atoms with van der Waals surface area (Å²) in [6.07, 6.45) is 9.42. The molecule has 0 unspecified atom stereocenters. The zero-order valence-electron chi connectivity index (χ0n) is 21.0. The number of aliphatic hydroxyl groups is 2. The Morgan fingerprint density at radius 2 is 1.89 bits per heavy atom. The van der Waals surface area contributed by atoms with Crippen LogP contribution < -0.4 is 5.73 Å². The Bertz CT molecular complexity index is 905. The molecule has 1 aromatic carbocycles. The van der Waals surface area contributed by atoms with Gasteiger partial charge in [0.25, 0.3) is 5.09 Å². The molecule has 2 rings (SSSR count). The number of carbonyl (C=O) groups excluding carboxylic acids is 2. The van der Waals surface area contributed by atoms with Gasteiger partial charge in [0.05, 0.1) is 18.8 Å². The second-order valence-electron chi connectivity index (χ2n) is 9.28. The van der Waals surface area contributed by atoms with Crippen molar-refractivity contribution in [2.45, 2.75) is 76.1 Å². The van der Waals surface area contributed by atoms with Gasteiger partial charge in [-0.25, -0.2) is 0 Å². The predicted octanol–water partition coefficient (Wildman–Crippen LogP) is 3.04. The molecular formula is C27H38N2O8. The summed E-state index contributed by atoms with van der Waals surface area (Å²) in [5, 5.41) is 30.4. The second kappa shape index (κ2) is 16.5. The molecule has 1 saturated carbocycles. The molecule has 204 valence electrons. The van der Waals surface area contributed by atoms with Gasteiger partial charge in [0.2, 0.25) is 5.91 Å². The summed E-state index contributed by atoms with van der Waals surface area (Å²) in [4.78, 5) is 37.7. The van der Waals surface area contributed by atoms with Crippen molar-refractivity contribution in [1.29, 1.82) is 0 Å². The average molecular weight is 519 g/mol. The lowest BCUT2D eigenvalue weighted by atomic mass is 9.89. The number of esters is 1. The van der Waals surface area contributed by atoms with Crippen LogP contribution in [0.2, 0.25) is 0 Å². The average Bonchev–Trinajstić information content (AvgIpc) is 3.12. The molecule has 1 aliphatic carbocycles. The molecule has 4 N–H and O–H groups in total. The number of nitrogens with zero attached hydrogens (tertiary/aromatic N) is 1. The minimum atomic E-state index is -0.898. The molecule has 1 fully saturated rings. The first-order valence-electron chi connectivity index (χ1n) is 12.7. The number of aliphatic hydroxyl groups excluding tert-OH is 2. The molecule has 10 heteroatoms. The van der Waals surface area contributed by atoms with Gasteiger partial charge in [-0.2, -0.15) is 0 Å². The fraction of sp³-hybridized carbons (Fsp3) is 0.556. The molecule has 10 nitrogen and oxygen atoms in total. The van der Waals surface area contributed by atoms with E-state index in [1.54, 1.807) is 6.08 Å². The highest BCUT2D eigenvalue weighted by atomic mass is 16.9. The van der Waals surface area contributed by atoms with Gasteiger partial charge in [-0.1, -0.05) is 48.6 Å². The van der Waals surface area contributed by atoms with Gasteiger partial charge < -0.3 is 25.5 Å². The normalized spacial score (nSPS) is 22.3. The van der Waals surface area contributed by atoms with Gasteiger partial charge in [-0.3, -0.25) is 9.59 Å². The van der Waals surface area contributed by atoms with Crippen LogP contribution in [0, 0.1) is 22.0 Å². The van der Waals surface area contributed by atoms with Gasteiger partial charge in [-0.15, -0.1) is 10.1 Å². The number of amides is 1. The van der Waals surface area contributed by atoms with Crippen LogP contribution in [-0.2, 0) is 25.6 Å². The Labute approximate surface area is 217 Å². The van der Waals surface area contributed by atoms with Gasteiger partial charge in [-0.05, 0) is 56.1 Å². The number of ether oxygens (including phenoxy) is 1. The number of nitrogens with two attached hydrogens (primary N) is 1. The van der Waals surface area contributed by atoms with Crippen LogP contribution in [0.4, 0.5) is 0 Å². The zero-order chi connectivity index (χ0) is 27.0. The lowest BCUT2D eigenvalue weighted by molar-refractivity contribution is -0.757. The second-order valence-corrected chi connectivity index (χ2v) is 9.28. The minimum Gasteiger partial charge on any atom is -0.458 e. The number of primary amides is 1. The van der Waals surface area contributed by atoms with E-state index in [4.69, 9.17) is 10.5 Å². The maximum atomic E-state index is 12.3. The van der Waals surface area contributed by atoms with Gasteiger partial charge in [0.15, 0.2) is 0 Å². The number of benzene rings is 1. The summed E-state index contributed by atoms with van der Waals surface area (Å²) >= 11 is 0. The van der Waals surface area contributed by atoms with Crippen LogP contribution >= 0.6 is 0 Å². The molecule has 0 spiro atoms. The maximum Gasteiger partial charge on any atom is 0.306 e. The summed E-state index contributed by atoms with van der Waals surface area (Å²) in [6, 6.07) is 9.77. The third-order valence-electron chi connectivity index (χ3n) is 6.40. The molecule has 0 saturated heterocycles. The summed E-state index contributed by atoms with van der Waals surface area (Å²) in [5.41, 5.74) is 6.24. The molecule has 0 heterocycles. The Morgan fingerprint density at radius 3 is 2.59 bits per heavy atom. The number of hydrogen-bond donors (Lipinski definition) is 3. The number of carbonyl (C=O) groups is 2. The molecule has 1 aliphatic rings. The highest BCUT2D eigenvalue weighted by molar-refractivity contribution is 5.73. The van der Waals surface area contributed by atoms with Crippen molar-refractivity contribution >= 4 is 11.9 Å². The topological polar surface area (TPSA) is 162 Å². The molecule has 0 aromatic heterocycles. The van der Waals surface area contributed by atoms with E-state index in [-0.39, 0.29) is 43.6 Å². The number of aryl methyl sites for hydroxylation is 1. The van der Waals surface area contributed by atoms with Crippen LogP contribution in [-0.4, -0.2) is 52.1 Å². The van der Waals surface area contributed by atoms with E-state index in [1.807, 2.05) is 48.6 Å². The van der Waals surface area contributed by atoms with E-state index in [0.29, 0.717) is 38.5 Å². The highest BCUT2D eigenvalue weighted by Gasteiger charge is 2.39. The van der Waals surface area contributed by atoms with E-state index in [2.05, 4.69) is 4.84 Å². The van der Waals surface area contributed by atoms with Crippen molar-refractivity contribution in [3.8, 4) is 0 Å². The predicted molar refractivity (Wildman–Crippen MR) is 136 cm³/mol. The van der Waals surface area contributed by atoms with Crippen LogP contribution in [0.15, 0.2) is 54.6 Å². The summed E-state index contributed by atoms with van der Waals surface area (Å²) in [7, 11) is 0. The smallest absolute Gasteiger partial charge is 0.306 e. The van der Waals surface area contributed by atoms with Crippen LogP contribution in [0.25, 0.3) is 0 Å². The van der Waals surface area contributed by atoms with E-state index in [9.17, 15) is 29.9 Å². The van der Waals surface area contributed by atoms with Crippen LogP contribution in [0.1, 0.15) is 56.9 Å². The Kier molecular flexibility index (Phi) is 13.4. The van der Waals surface area contributed by atoms with Crippen molar-refractivity contribution in [3.63, 3.8) is 0 Å². The molecule has 37 heavy (non-hydrogen) atoms. The summed E-state index contributed by atoms with van der Waals surface area (Å²) in [6.45, 7) is -0.184. The first-order valence-corrected chi connectivity index (χ1v) is 12.7. The zero-order valence-corrected chi connectivity index (χ0v) is 21.0. The maximum absolute atomic E-state index is 12.3. The first kappa shape index (κ1) is 30.0. The van der Waals surface area contributed by atoms with Gasteiger partial charge in [0.1, 0.15) is 6.10 Å². The third-order valence-corrected chi connectivity index (χ3v) is 6.40. The Balaban J connectivity index is 1.99. The summed E-state index contributed by atoms with van der Waals surface area (Å²) in [5.74, 6) is -1.32. The molecule has 0 aliphatic heterocycles. The Hall–Kier alpha value is -3.24. The lowest BCUT2D eigenvalue weighted by Gasteiger charge is -2.21. The summed E-state index contributed by atoms with van der Waals surface area (Å²) < 4.78 is 5.63. The van der Waals surface area contributed by atoms with E-state index < -0.39 is 29.4 Å². The number of hydrogen-bond acceptors (Lipinski definition) is 8. The number of allylic oxidation sites excluding steroid dienone is 2. The van der Waals surface area contributed by atoms with Crippen LogP contribution in [0.3, 0.4) is 0 Å². The molecule has 0 bridgehead atoms. The number of unbranched alkanes of at least 4 members (excludes halogenated alkanes) is 1. The third kappa shape index (κ3) is 12.0.